The van der Waals surface area contributed by atoms with Gasteiger partial charge in [0.1, 0.15) is 17.1 Å². The fourth-order valence-corrected chi connectivity index (χ4v) is 5.96. The van der Waals surface area contributed by atoms with Gasteiger partial charge in [0, 0.05) is 70.3 Å². The number of nitrogens with one attached hydrogen (secondary N) is 1. The molecular formula is C31H35F3N8O2. The number of rotatable bonds is 8. The maximum absolute atomic E-state index is 14.1. The van der Waals surface area contributed by atoms with E-state index in [0.717, 1.165) is 42.7 Å². The lowest BCUT2D eigenvalue weighted by molar-refractivity contribution is -0.143. The molecule has 0 aromatic carbocycles. The molecule has 1 N–H and O–H groups in total. The van der Waals surface area contributed by atoms with Crippen LogP contribution in [0.3, 0.4) is 0 Å². The molecule has 1 saturated heterocycles. The van der Waals surface area contributed by atoms with Crippen molar-refractivity contribution in [2.75, 3.05) is 39.3 Å². The molecule has 13 heteroatoms. The van der Waals surface area contributed by atoms with Crippen molar-refractivity contribution in [3.63, 3.8) is 0 Å². The van der Waals surface area contributed by atoms with Crippen molar-refractivity contribution in [1.82, 2.24) is 39.6 Å². The summed E-state index contributed by atoms with van der Waals surface area (Å²) < 4.78 is 48.3. The van der Waals surface area contributed by atoms with E-state index in [0.29, 0.717) is 36.8 Å². The Balaban J connectivity index is 1.17. The Hall–Kier alpha value is -4.10. The third-order valence-corrected chi connectivity index (χ3v) is 8.44. The van der Waals surface area contributed by atoms with Crippen LogP contribution in [0.1, 0.15) is 54.5 Å². The number of hydrogen-bond acceptors (Lipinski definition) is 8. The number of carbonyl (C=O) groups is 1. The molecule has 2 aliphatic heterocycles. The minimum atomic E-state index is -4.67. The summed E-state index contributed by atoms with van der Waals surface area (Å²) in [6.07, 6.45) is 2.23. The Labute approximate surface area is 253 Å². The number of pyridine rings is 2. The number of alkyl halides is 3. The number of aromatic amines is 1. The van der Waals surface area contributed by atoms with E-state index in [1.54, 1.807) is 29.6 Å². The molecule has 6 heterocycles. The molecule has 0 bridgehead atoms. The van der Waals surface area contributed by atoms with Gasteiger partial charge in [0.25, 0.3) is 0 Å². The quantitative estimate of drug-likeness (QED) is 0.305. The average molecular weight is 609 g/mol. The number of piperazine rings is 1. The van der Waals surface area contributed by atoms with Gasteiger partial charge in [-0.2, -0.15) is 13.2 Å². The largest absolute Gasteiger partial charge is 0.455 e. The van der Waals surface area contributed by atoms with E-state index in [9.17, 15) is 18.0 Å². The number of aromatic nitrogens is 5. The van der Waals surface area contributed by atoms with Crippen molar-refractivity contribution in [3.05, 3.63) is 71.3 Å². The van der Waals surface area contributed by atoms with Gasteiger partial charge in [-0.05, 0) is 36.7 Å². The van der Waals surface area contributed by atoms with E-state index < -0.39 is 11.9 Å². The van der Waals surface area contributed by atoms with Crippen LogP contribution in [0.4, 0.5) is 13.2 Å². The van der Waals surface area contributed by atoms with Gasteiger partial charge in [-0.1, -0.05) is 13.8 Å². The van der Waals surface area contributed by atoms with Crippen LogP contribution in [0, 0.1) is 0 Å². The van der Waals surface area contributed by atoms with Gasteiger partial charge in [-0.25, -0.2) is 9.97 Å². The molecule has 0 aliphatic carbocycles. The second kappa shape index (κ2) is 12.5. The lowest BCUT2D eigenvalue weighted by Crippen LogP contribution is -2.46. The van der Waals surface area contributed by atoms with E-state index in [-0.39, 0.29) is 42.7 Å². The summed E-state index contributed by atoms with van der Waals surface area (Å²) in [5.41, 5.74) is 1.32. The fourth-order valence-electron chi connectivity index (χ4n) is 5.96. The van der Waals surface area contributed by atoms with Gasteiger partial charge >= 0.3 is 6.18 Å². The van der Waals surface area contributed by atoms with Crippen molar-refractivity contribution in [1.29, 1.82) is 0 Å². The van der Waals surface area contributed by atoms with Crippen molar-refractivity contribution in [3.8, 4) is 11.5 Å². The first-order valence-electron chi connectivity index (χ1n) is 14.9. The number of likely N-dealkylation sites (N-methyl/N-ethyl adjacent to an activating group) is 1. The molecule has 0 spiro atoms. The Morgan fingerprint density at radius 2 is 1.86 bits per heavy atom. The van der Waals surface area contributed by atoms with Crippen LogP contribution in [0.15, 0.2) is 43.0 Å². The maximum Gasteiger partial charge on any atom is 0.435 e. The van der Waals surface area contributed by atoms with Crippen molar-refractivity contribution in [2.45, 2.75) is 51.9 Å². The molecule has 1 amide bonds. The molecule has 0 saturated carbocycles. The van der Waals surface area contributed by atoms with Crippen LogP contribution in [0.2, 0.25) is 0 Å². The number of hydrogen-bond donors (Lipinski definition) is 1. The molecule has 1 fully saturated rings. The highest BCUT2D eigenvalue weighted by Crippen LogP contribution is 2.35. The topological polar surface area (TPSA) is 103 Å². The maximum atomic E-state index is 14.1. The molecule has 10 nitrogen and oxygen atoms in total. The summed E-state index contributed by atoms with van der Waals surface area (Å²) in [6, 6.07) is 5.53. The lowest BCUT2D eigenvalue weighted by Gasteiger charge is -2.34. The highest BCUT2D eigenvalue weighted by molar-refractivity contribution is 5.82. The van der Waals surface area contributed by atoms with Gasteiger partial charge in [0.15, 0.2) is 5.69 Å². The van der Waals surface area contributed by atoms with E-state index in [2.05, 4.69) is 36.7 Å². The molecule has 4 aromatic heterocycles. The first-order chi connectivity index (χ1) is 21.2. The number of ether oxygens (including phenoxy) is 1. The van der Waals surface area contributed by atoms with Crippen LogP contribution < -0.4 is 4.74 Å². The monoisotopic (exact) mass is 608 g/mol. The lowest BCUT2D eigenvalue weighted by atomic mass is 9.92. The van der Waals surface area contributed by atoms with Crippen molar-refractivity contribution in [2.24, 2.45) is 0 Å². The minimum absolute atomic E-state index is 0.00383. The van der Waals surface area contributed by atoms with E-state index in [4.69, 9.17) is 4.74 Å². The number of nitrogens with zero attached hydrogens (tertiary/aromatic N) is 7. The zero-order valence-corrected chi connectivity index (χ0v) is 24.8. The molecule has 44 heavy (non-hydrogen) atoms. The molecule has 232 valence electrons. The molecular weight excluding hydrogens is 573 g/mol. The first kappa shape index (κ1) is 29.9. The summed E-state index contributed by atoms with van der Waals surface area (Å²) in [6.45, 7) is 8.72. The normalized spacial score (nSPS) is 18.0. The van der Waals surface area contributed by atoms with Gasteiger partial charge in [-0.15, -0.1) is 0 Å². The van der Waals surface area contributed by atoms with Crippen LogP contribution in [0.5, 0.6) is 11.5 Å². The molecule has 0 radical (unpaired) electrons. The number of amides is 1. The predicted molar refractivity (Wildman–Crippen MR) is 157 cm³/mol. The average Bonchev–Trinajstić information content (AvgIpc) is 3.51. The predicted octanol–water partition coefficient (Wildman–Crippen LogP) is 4.78. The number of halogens is 3. The highest BCUT2D eigenvalue weighted by atomic mass is 19.4. The Kier molecular flexibility index (Phi) is 8.50. The Morgan fingerprint density at radius 1 is 1.07 bits per heavy atom. The SMILES string of the molecule is CCC1CN(C(=O)Cc2cnc(CN3CCN(CC)CC3)c(C(F)(F)F)n2)Cc2cc(Oc3ccnc4[nH]ccc34)cnc21. The van der Waals surface area contributed by atoms with Gasteiger partial charge in [0.2, 0.25) is 5.91 Å². The van der Waals surface area contributed by atoms with Gasteiger partial charge in [0.05, 0.1) is 35.1 Å². The van der Waals surface area contributed by atoms with Crippen LogP contribution in [-0.4, -0.2) is 84.8 Å². The standard InChI is InChI=1S/C31H35F3N8O2/c1-3-20-17-42(18-21-13-23(16-38-28(20)21)44-26-6-8-36-30-24(26)5-7-35-30)27(43)14-22-15-37-25(29(39-22)31(32,33)34)19-41-11-9-40(4-2)10-12-41/h5-8,13,15-16,20H,3-4,9-12,14,17-19H2,1-2H3,(H,35,36). The summed E-state index contributed by atoms with van der Waals surface area (Å²) in [5, 5.41) is 0.831. The second-order valence-electron chi connectivity index (χ2n) is 11.3. The van der Waals surface area contributed by atoms with E-state index >= 15 is 0 Å². The zero-order chi connectivity index (χ0) is 30.8. The summed E-state index contributed by atoms with van der Waals surface area (Å²) >= 11 is 0. The van der Waals surface area contributed by atoms with Gasteiger partial charge in [-0.3, -0.25) is 19.7 Å². The second-order valence-corrected chi connectivity index (χ2v) is 11.3. The number of carbonyl (C=O) groups excluding carboxylic acids is 1. The Morgan fingerprint density at radius 3 is 2.61 bits per heavy atom. The molecule has 1 unspecified atom stereocenters. The molecule has 4 aromatic rings. The van der Waals surface area contributed by atoms with Crippen molar-refractivity contribution >= 4 is 16.9 Å². The van der Waals surface area contributed by atoms with E-state index in [1.807, 2.05) is 24.0 Å². The number of H-pyrrole nitrogens is 1. The zero-order valence-electron chi connectivity index (χ0n) is 24.8. The fraction of sp³-hybridized carbons (Fsp3) is 0.452. The molecule has 2 aliphatic rings. The highest BCUT2D eigenvalue weighted by Gasteiger charge is 2.38. The minimum Gasteiger partial charge on any atom is -0.455 e. The molecule has 1 atom stereocenters. The third kappa shape index (κ3) is 6.39. The first-order valence-corrected chi connectivity index (χ1v) is 14.9. The third-order valence-electron chi connectivity index (χ3n) is 8.44. The molecule has 6 rings (SSSR count). The number of fused-ring (bicyclic) bond motifs is 2. The van der Waals surface area contributed by atoms with Crippen molar-refractivity contribution < 1.29 is 22.7 Å². The smallest absolute Gasteiger partial charge is 0.435 e. The summed E-state index contributed by atoms with van der Waals surface area (Å²) in [7, 11) is 0. The van der Waals surface area contributed by atoms with Crippen LogP contribution in [-0.2, 0) is 30.5 Å². The Bertz CT molecular complexity index is 1630. The van der Waals surface area contributed by atoms with E-state index in [1.165, 1.54) is 6.20 Å². The van der Waals surface area contributed by atoms with Gasteiger partial charge < -0.3 is 19.5 Å². The summed E-state index contributed by atoms with van der Waals surface area (Å²) in [5.74, 6) is 0.823. The van der Waals surface area contributed by atoms with Crippen LogP contribution >= 0.6 is 0 Å². The summed E-state index contributed by atoms with van der Waals surface area (Å²) in [4.78, 5) is 39.5. The van der Waals surface area contributed by atoms with Crippen LogP contribution in [0.25, 0.3) is 11.0 Å².